The maximum Gasteiger partial charge on any atom is 0.0490 e. The van der Waals surface area contributed by atoms with E-state index in [4.69, 9.17) is 0 Å². The van der Waals surface area contributed by atoms with Gasteiger partial charge in [0.05, 0.1) is 0 Å². The lowest BCUT2D eigenvalue weighted by molar-refractivity contribution is 0.107. The number of hydrogen-bond acceptors (Lipinski definition) is 1. The highest BCUT2D eigenvalue weighted by Crippen LogP contribution is 2.32. The fraction of sp³-hybridized carbons (Fsp3) is 0.647. The highest BCUT2D eigenvalue weighted by atomic mass is 16.3. The summed E-state index contributed by atoms with van der Waals surface area (Å²) in [4.78, 5) is 0. The van der Waals surface area contributed by atoms with Crippen LogP contribution in [0.2, 0.25) is 0 Å². The summed E-state index contributed by atoms with van der Waals surface area (Å²) >= 11 is 0. The summed E-state index contributed by atoms with van der Waals surface area (Å²) in [5.74, 6) is 0. The van der Waals surface area contributed by atoms with E-state index in [-0.39, 0.29) is 5.41 Å². The van der Waals surface area contributed by atoms with Gasteiger partial charge in [-0.25, -0.2) is 0 Å². The fourth-order valence-electron chi connectivity index (χ4n) is 2.51. The highest BCUT2D eigenvalue weighted by Gasteiger charge is 2.26. The Kier molecular flexibility index (Phi) is 6.42. The van der Waals surface area contributed by atoms with Crippen molar-refractivity contribution in [2.24, 2.45) is 5.41 Å². The van der Waals surface area contributed by atoms with E-state index in [0.717, 1.165) is 25.7 Å². The Bertz CT molecular complexity index is 322. The summed E-state index contributed by atoms with van der Waals surface area (Å²) in [5.41, 5.74) is 2.83. The number of aryl methyl sites for hydroxylation is 1. The number of unbranched alkanes of at least 4 members (excludes halogenated alkanes) is 1. The third-order valence-electron chi connectivity index (χ3n) is 4.16. The van der Waals surface area contributed by atoms with Crippen molar-refractivity contribution in [2.75, 3.05) is 6.61 Å². The first-order valence-electron chi connectivity index (χ1n) is 7.38. The summed E-state index contributed by atoms with van der Waals surface area (Å²) in [7, 11) is 0. The lowest BCUT2D eigenvalue weighted by Crippen LogP contribution is -2.27. The van der Waals surface area contributed by atoms with Crippen LogP contribution in [0.4, 0.5) is 0 Å². The van der Waals surface area contributed by atoms with Crippen LogP contribution >= 0.6 is 0 Å². The number of benzene rings is 1. The Morgan fingerprint density at radius 1 is 1.00 bits per heavy atom. The molecule has 1 aromatic rings. The van der Waals surface area contributed by atoms with Crippen molar-refractivity contribution in [1.29, 1.82) is 0 Å². The zero-order chi connectivity index (χ0) is 13.4. The monoisotopic (exact) mass is 248 g/mol. The predicted octanol–water partition coefficient (Wildman–Crippen LogP) is 4.37. The molecule has 0 aromatic heterocycles. The van der Waals surface area contributed by atoms with Gasteiger partial charge in [-0.15, -0.1) is 0 Å². The molecule has 0 fully saturated rings. The van der Waals surface area contributed by atoms with E-state index in [1.54, 1.807) is 0 Å². The smallest absolute Gasteiger partial charge is 0.0490 e. The molecule has 0 saturated carbocycles. The summed E-state index contributed by atoms with van der Waals surface area (Å²) in [6.07, 6.45) is 6.70. The number of aliphatic hydroxyl groups is 1. The summed E-state index contributed by atoms with van der Waals surface area (Å²) in [6, 6.07) is 8.88. The second-order valence-corrected chi connectivity index (χ2v) is 5.46. The molecule has 0 radical (unpaired) electrons. The minimum atomic E-state index is 0.0870. The van der Waals surface area contributed by atoms with Crippen molar-refractivity contribution in [3.63, 3.8) is 0 Å². The summed E-state index contributed by atoms with van der Waals surface area (Å²) in [6.45, 7) is 6.90. The van der Waals surface area contributed by atoms with Gasteiger partial charge in [0.25, 0.3) is 0 Å². The van der Waals surface area contributed by atoms with Gasteiger partial charge in [0.2, 0.25) is 0 Å². The van der Waals surface area contributed by atoms with Crippen molar-refractivity contribution in [1.82, 2.24) is 0 Å². The van der Waals surface area contributed by atoms with E-state index in [9.17, 15) is 5.11 Å². The quantitative estimate of drug-likeness (QED) is 0.724. The van der Waals surface area contributed by atoms with Gasteiger partial charge in [-0.2, -0.15) is 0 Å². The van der Waals surface area contributed by atoms with Gasteiger partial charge in [-0.05, 0) is 42.2 Å². The second-order valence-electron chi connectivity index (χ2n) is 5.46. The average Bonchev–Trinajstić information content (AvgIpc) is 2.44. The number of hydrogen-bond donors (Lipinski definition) is 1. The first-order valence-corrected chi connectivity index (χ1v) is 7.38. The third-order valence-corrected chi connectivity index (χ3v) is 4.16. The third kappa shape index (κ3) is 4.13. The van der Waals surface area contributed by atoms with Crippen LogP contribution in [-0.4, -0.2) is 11.7 Å². The molecule has 1 rings (SSSR count). The summed E-state index contributed by atoms with van der Waals surface area (Å²) < 4.78 is 0. The first-order chi connectivity index (χ1) is 8.69. The normalized spacial score (nSPS) is 14.4. The van der Waals surface area contributed by atoms with Gasteiger partial charge in [0.1, 0.15) is 0 Å². The van der Waals surface area contributed by atoms with Gasteiger partial charge < -0.3 is 5.11 Å². The molecule has 0 aliphatic heterocycles. The van der Waals surface area contributed by atoms with Crippen LogP contribution in [0.15, 0.2) is 24.3 Å². The molecule has 1 unspecified atom stereocenters. The Morgan fingerprint density at radius 3 is 2.06 bits per heavy atom. The van der Waals surface area contributed by atoms with Crippen molar-refractivity contribution in [2.45, 2.75) is 59.3 Å². The molecule has 1 nitrogen and oxygen atoms in total. The first kappa shape index (κ1) is 15.2. The molecule has 0 bridgehead atoms. The molecule has 0 aliphatic carbocycles. The van der Waals surface area contributed by atoms with E-state index in [2.05, 4.69) is 45.0 Å². The van der Waals surface area contributed by atoms with Crippen LogP contribution in [0.5, 0.6) is 0 Å². The summed E-state index contributed by atoms with van der Waals surface area (Å²) in [5, 5.41) is 9.77. The van der Waals surface area contributed by atoms with Crippen LogP contribution in [0.1, 0.15) is 57.6 Å². The van der Waals surface area contributed by atoms with Gasteiger partial charge in [-0.3, -0.25) is 0 Å². The lowest BCUT2D eigenvalue weighted by Gasteiger charge is -2.31. The van der Waals surface area contributed by atoms with Crippen LogP contribution in [0, 0.1) is 5.41 Å². The van der Waals surface area contributed by atoms with Gasteiger partial charge in [-0.1, -0.05) is 57.9 Å². The Hall–Kier alpha value is -0.820. The van der Waals surface area contributed by atoms with Crippen LogP contribution in [0.3, 0.4) is 0 Å². The number of aliphatic hydroxyl groups excluding tert-OH is 1. The molecule has 1 aromatic carbocycles. The van der Waals surface area contributed by atoms with E-state index < -0.39 is 0 Å². The SMILES string of the molecule is CCCCC(CC)(CO)Cc1ccc(CC)cc1. The molecule has 0 heterocycles. The van der Waals surface area contributed by atoms with Gasteiger partial charge >= 0.3 is 0 Å². The zero-order valence-electron chi connectivity index (χ0n) is 12.2. The van der Waals surface area contributed by atoms with Crippen molar-refractivity contribution >= 4 is 0 Å². The molecule has 1 atom stereocenters. The molecule has 1 N–H and O–H groups in total. The second kappa shape index (κ2) is 7.58. The van der Waals surface area contributed by atoms with Crippen molar-refractivity contribution in [3.05, 3.63) is 35.4 Å². The van der Waals surface area contributed by atoms with Crippen molar-refractivity contribution in [3.8, 4) is 0 Å². The highest BCUT2D eigenvalue weighted by molar-refractivity contribution is 5.23. The Morgan fingerprint density at radius 2 is 1.61 bits per heavy atom. The minimum absolute atomic E-state index is 0.0870. The van der Waals surface area contributed by atoms with E-state index in [0.29, 0.717) is 6.61 Å². The molecule has 0 saturated heterocycles. The Balaban J connectivity index is 2.74. The van der Waals surface area contributed by atoms with Crippen molar-refractivity contribution < 1.29 is 5.11 Å². The van der Waals surface area contributed by atoms with Gasteiger partial charge in [0, 0.05) is 6.61 Å². The van der Waals surface area contributed by atoms with E-state index >= 15 is 0 Å². The standard InChI is InChI=1S/C17H28O/c1-4-7-12-17(6-3,14-18)13-16-10-8-15(5-2)9-11-16/h8-11,18H,4-7,12-14H2,1-3H3. The number of rotatable bonds is 8. The molecular formula is C17H28O. The Labute approximate surface area is 112 Å². The fourth-order valence-corrected chi connectivity index (χ4v) is 2.51. The molecule has 1 heteroatoms. The molecule has 18 heavy (non-hydrogen) atoms. The van der Waals surface area contributed by atoms with Crippen LogP contribution in [-0.2, 0) is 12.8 Å². The average molecular weight is 248 g/mol. The van der Waals surface area contributed by atoms with Crippen LogP contribution in [0.25, 0.3) is 0 Å². The maximum absolute atomic E-state index is 9.77. The van der Waals surface area contributed by atoms with Gasteiger partial charge in [0.15, 0.2) is 0 Å². The maximum atomic E-state index is 9.77. The van der Waals surface area contributed by atoms with E-state index in [1.807, 2.05) is 0 Å². The van der Waals surface area contributed by atoms with E-state index in [1.165, 1.54) is 24.0 Å². The van der Waals surface area contributed by atoms with Crippen LogP contribution < -0.4 is 0 Å². The molecule has 0 spiro atoms. The molecule has 0 aliphatic rings. The lowest BCUT2D eigenvalue weighted by atomic mass is 9.76. The largest absolute Gasteiger partial charge is 0.396 e. The molecule has 0 amide bonds. The molecular weight excluding hydrogens is 220 g/mol. The predicted molar refractivity (Wildman–Crippen MR) is 78.9 cm³/mol. The zero-order valence-corrected chi connectivity index (χ0v) is 12.2. The topological polar surface area (TPSA) is 20.2 Å². The minimum Gasteiger partial charge on any atom is -0.396 e. The molecule has 102 valence electrons.